The summed E-state index contributed by atoms with van der Waals surface area (Å²) in [7, 11) is 0. The Labute approximate surface area is 156 Å². The third-order valence-electron chi connectivity index (χ3n) is 4.75. The number of nitrogens with zero attached hydrogens (tertiary/aromatic N) is 1. The number of carboxylic acids is 1. The van der Waals surface area contributed by atoms with Crippen LogP contribution in [0.25, 0.3) is 0 Å². The highest BCUT2D eigenvalue weighted by molar-refractivity contribution is 5.74. The third-order valence-corrected chi connectivity index (χ3v) is 4.75. The predicted octanol–water partition coefficient (Wildman–Crippen LogP) is 2.83. The number of aliphatic carboxylic acids is 1. The molecule has 2 atom stereocenters. The first-order valence-electron chi connectivity index (χ1n) is 9.46. The number of nitrogens with one attached hydrogen (secondary N) is 2. The van der Waals surface area contributed by atoms with Gasteiger partial charge >= 0.3 is 12.0 Å². The molecule has 0 spiro atoms. The highest BCUT2D eigenvalue weighted by Gasteiger charge is 2.22. The van der Waals surface area contributed by atoms with Gasteiger partial charge in [-0.2, -0.15) is 0 Å². The van der Waals surface area contributed by atoms with Crippen LogP contribution in [-0.2, 0) is 17.9 Å². The molecule has 6 nitrogen and oxygen atoms in total. The average molecular weight is 361 g/mol. The Balaban J connectivity index is 1.82. The molecule has 144 valence electrons. The molecule has 1 aliphatic rings. The Kier molecular flexibility index (Phi) is 7.91. The maximum atomic E-state index is 11.9. The molecule has 0 radical (unpaired) electrons. The van der Waals surface area contributed by atoms with Crippen LogP contribution < -0.4 is 10.6 Å². The Morgan fingerprint density at radius 2 is 1.77 bits per heavy atom. The minimum absolute atomic E-state index is 0.0653. The van der Waals surface area contributed by atoms with Crippen molar-refractivity contribution in [3.63, 3.8) is 0 Å². The lowest BCUT2D eigenvalue weighted by atomic mass is 9.91. The summed E-state index contributed by atoms with van der Waals surface area (Å²) in [4.78, 5) is 24.8. The van der Waals surface area contributed by atoms with Gasteiger partial charge in [-0.25, -0.2) is 4.79 Å². The van der Waals surface area contributed by atoms with Gasteiger partial charge in [0.2, 0.25) is 0 Å². The summed E-state index contributed by atoms with van der Waals surface area (Å²) in [5, 5.41) is 14.2. The first kappa shape index (κ1) is 20.2. The second-order valence-corrected chi connectivity index (χ2v) is 7.52. The molecule has 1 aromatic carbocycles. The summed E-state index contributed by atoms with van der Waals surface area (Å²) < 4.78 is 0. The van der Waals surface area contributed by atoms with Crippen LogP contribution in [0.4, 0.5) is 4.79 Å². The smallest absolute Gasteiger partial charge is 0.315 e. The van der Waals surface area contributed by atoms with Gasteiger partial charge in [-0.3, -0.25) is 9.69 Å². The molecule has 2 rings (SSSR count). The highest BCUT2D eigenvalue weighted by Crippen LogP contribution is 2.23. The molecule has 6 heteroatoms. The van der Waals surface area contributed by atoms with E-state index in [2.05, 4.69) is 41.5 Å². The van der Waals surface area contributed by atoms with E-state index < -0.39 is 5.97 Å². The lowest BCUT2D eigenvalue weighted by Crippen LogP contribution is -2.38. The van der Waals surface area contributed by atoms with E-state index in [0.29, 0.717) is 19.5 Å². The largest absolute Gasteiger partial charge is 0.481 e. The van der Waals surface area contributed by atoms with Crippen molar-refractivity contribution in [3.8, 4) is 0 Å². The fraction of sp³-hybridized carbons (Fsp3) is 0.600. The van der Waals surface area contributed by atoms with Gasteiger partial charge in [0.1, 0.15) is 0 Å². The number of hydrogen-bond acceptors (Lipinski definition) is 3. The molecule has 0 saturated carbocycles. The molecule has 26 heavy (non-hydrogen) atoms. The molecule has 1 saturated heterocycles. The van der Waals surface area contributed by atoms with Gasteiger partial charge < -0.3 is 15.7 Å². The van der Waals surface area contributed by atoms with Gasteiger partial charge in [0.15, 0.2) is 0 Å². The van der Waals surface area contributed by atoms with Crippen molar-refractivity contribution in [1.82, 2.24) is 15.5 Å². The zero-order valence-corrected chi connectivity index (χ0v) is 15.8. The van der Waals surface area contributed by atoms with E-state index in [1.54, 1.807) is 0 Å². The normalized spacial score (nSPS) is 20.5. The minimum Gasteiger partial charge on any atom is -0.481 e. The molecule has 2 amide bonds. The monoisotopic (exact) mass is 361 g/mol. The number of amides is 2. The van der Waals surface area contributed by atoms with Gasteiger partial charge in [-0.15, -0.1) is 0 Å². The lowest BCUT2D eigenvalue weighted by molar-refractivity contribution is -0.137. The standard InChI is InChI=1S/C20H31N3O3/c1-15-10-16(2)13-23(12-15)14-18-7-4-3-6-17(18)11-22-20(26)21-9-5-8-19(24)25/h3-4,6-7,15-16H,5,8-14H2,1-2H3,(H,24,25)(H2,21,22,26). The van der Waals surface area contributed by atoms with Gasteiger partial charge in [-0.1, -0.05) is 38.1 Å². The van der Waals surface area contributed by atoms with Crippen molar-refractivity contribution in [2.45, 2.75) is 46.2 Å². The second-order valence-electron chi connectivity index (χ2n) is 7.52. The molecular weight excluding hydrogens is 330 g/mol. The quantitative estimate of drug-likeness (QED) is 0.622. The van der Waals surface area contributed by atoms with Crippen LogP contribution in [-0.4, -0.2) is 41.6 Å². The van der Waals surface area contributed by atoms with Gasteiger partial charge in [0.25, 0.3) is 0 Å². The summed E-state index contributed by atoms with van der Waals surface area (Å²) in [5.74, 6) is 0.601. The topological polar surface area (TPSA) is 81.7 Å². The number of carboxylic acid groups (broad SMARTS) is 1. The number of rotatable bonds is 8. The maximum absolute atomic E-state index is 11.9. The minimum atomic E-state index is -0.845. The fourth-order valence-corrected chi connectivity index (χ4v) is 3.73. The Hall–Kier alpha value is -2.08. The number of likely N-dealkylation sites (tertiary alicyclic amines) is 1. The maximum Gasteiger partial charge on any atom is 0.315 e. The van der Waals surface area contributed by atoms with Crippen molar-refractivity contribution in [2.24, 2.45) is 11.8 Å². The van der Waals surface area contributed by atoms with E-state index in [4.69, 9.17) is 5.11 Å². The Bertz CT molecular complexity index is 596. The lowest BCUT2D eigenvalue weighted by Gasteiger charge is -2.35. The summed E-state index contributed by atoms with van der Waals surface area (Å²) in [5.41, 5.74) is 2.37. The Morgan fingerprint density at radius 3 is 2.42 bits per heavy atom. The van der Waals surface area contributed by atoms with Crippen molar-refractivity contribution in [1.29, 1.82) is 0 Å². The molecule has 1 fully saturated rings. The molecule has 0 aromatic heterocycles. The molecule has 2 unspecified atom stereocenters. The zero-order valence-electron chi connectivity index (χ0n) is 15.8. The van der Waals surface area contributed by atoms with E-state index >= 15 is 0 Å². The van der Waals surface area contributed by atoms with Crippen molar-refractivity contribution >= 4 is 12.0 Å². The van der Waals surface area contributed by atoms with Crippen molar-refractivity contribution < 1.29 is 14.7 Å². The van der Waals surface area contributed by atoms with Crippen LogP contribution in [0.15, 0.2) is 24.3 Å². The van der Waals surface area contributed by atoms with Crippen LogP contribution in [0.5, 0.6) is 0 Å². The van der Waals surface area contributed by atoms with E-state index in [-0.39, 0.29) is 12.5 Å². The van der Waals surface area contributed by atoms with E-state index in [0.717, 1.165) is 37.0 Å². The summed E-state index contributed by atoms with van der Waals surface area (Å²) >= 11 is 0. The summed E-state index contributed by atoms with van der Waals surface area (Å²) in [6, 6.07) is 7.96. The number of urea groups is 1. The molecule has 1 heterocycles. The van der Waals surface area contributed by atoms with Crippen LogP contribution >= 0.6 is 0 Å². The van der Waals surface area contributed by atoms with E-state index in [1.807, 2.05) is 12.1 Å². The average Bonchev–Trinajstić information content (AvgIpc) is 2.57. The van der Waals surface area contributed by atoms with E-state index in [9.17, 15) is 9.59 Å². The fourth-order valence-electron chi connectivity index (χ4n) is 3.73. The first-order valence-corrected chi connectivity index (χ1v) is 9.46. The molecular formula is C20H31N3O3. The molecule has 0 bridgehead atoms. The highest BCUT2D eigenvalue weighted by atomic mass is 16.4. The van der Waals surface area contributed by atoms with Gasteiger partial charge in [0, 0.05) is 39.1 Å². The Morgan fingerprint density at radius 1 is 1.12 bits per heavy atom. The van der Waals surface area contributed by atoms with Gasteiger partial charge in [0.05, 0.1) is 0 Å². The van der Waals surface area contributed by atoms with Crippen LogP contribution in [0.3, 0.4) is 0 Å². The predicted molar refractivity (Wildman–Crippen MR) is 102 cm³/mol. The van der Waals surface area contributed by atoms with Crippen LogP contribution in [0.2, 0.25) is 0 Å². The number of carbonyl (C=O) groups is 2. The molecule has 1 aliphatic heterocycles. The van der Waals surface area contributed by atoms with Crippen molar-refractivity contribution in [3.05, 3.63) is 35.4 Å². The molecule has 3 N–H and O–H groups in total. The van der Waals surface area contributed by atoms with Gasteiger partial charge in [-0.05, 0) is 35.8 Å². The number of benzene rings is 1. The number of carbonyl (C=O) groups excluding carboxylic acids is 1. The molecule has 0 aliphatic carbocycles. The van der Waals surface area contributed by atoms with Crippen molar-refractivity contribution in [2.75, 3.05) is 19.6 Å². The number of piperidine rings is 1. The summed E-state index contributed by atoms with van der Waals surface area (Å²) in [6.07, 6.45) is 1.79. The summed E-state index contributed by atoms with van der Waals surface area (Å²) in [6.45, 7) is 8.61. The second kappa shape index (κ2) is 10.2. The van der Waals surface area contributed by atoms with Crippen LogP contribution in [0.1, 0.15) is 44.2 Å². The SMILES string of the molecule is CC1CC(C)CN(Cc2ccccc2CNC(=O)NCCCC(=O)O)C1. The molecule has 1 aromatic rings. The van der Waals surface area contributed by atoms with Crippen LogP contribution in [0, 0.1) is 11.8 Å². The first-order chi connectivity index (χ1) is 12.4. The van der Waals surface area contributed by atoms with E-state index in [1.165, 1.54) is 12.0 Å². The zero-order chi connectivity index (χ0) is 18.9. The number of hydrogen-bond donors (Lipinski definition) is 3. The third kappa shape index (κ3) is 7.04.